The van der Waals surface area contributed by atoms with Crippen LogP contribution < -0.4 is 4.90 Å². The Bertz CT molecular complexity index is 1090. The van der Waals surface area contributed by atoms with Crippen molar-refractivity contribution in [3.8, 4) is 0 Å². The first kappa shape index (κ1) is 22.4. The van der Waals surface area contributed by atoms with E-state index < -0.39 is 0 Å². The zero-order chi connectivity index (χ0) is 23.1. The van der Waals surface area contributed by atoms with Crippen LogP contribution in [-0.2, 0) is 0 Å². The largest absolute Gasteiger partial charge is 0.351 e. The van der Waals surface area contributed by atoms with Crippen molar-refractivity contribution in [2.75, 3.05) is 38.1 Å². The molecular weight excluding hydrogens is 430 g/mol. The van der Waals surface area contributed by atoms with Crippen molar-refractivity contribution in [1.29, 1.82) is 0 Å². The fourth-order valence-electron chi connectivity index (χ4n) is 5.02. The van der Waals surface area contributed by atoms with Gasteiger partial charge in [0.15, 0.2) is 11.7 Å². The number of nitrogens with zero attached hydrogens (tertiary/aromatic N) is 5. The van der Waals surface area contributed by atoms with Gasteiger partial charge < -0.3 is 9.80 Å². The number of hydrogen-bond donors (Lipinski definition) is 0. The first-order valence-electron chi connectivity index (χ1n) is 12.2. The maximum absolute atomic E-state index is 6.48. The topological polar surface area (TPSA) is 34.4 Å². The highest BCUT2D eigenvalue weighted by Crippen LogP contribution is 2.42. The number of aliphatic imine (C=N–C) groups is 2. The fraction of sp³-hybridized carbons (Fsp3) is 0.481. The third-order valence-corrected chi connectivity index (χ3v) is 7.68. The Balaban J connectivity index is 1.56. The molecule has 0 bridgehead atoms. The number of anilines is 1. The first-order chi connectivity index (χ1) is 15.9. The summed E-state index contributed by atoms with van der Waals surface area (Å²) in [7, 11) is 2.18. The number of rotatable bonds is 3. The van der Waals surface area contributed by atoms with E-state index >= 15 is 0 Å². The Labute approximate surface area is 202 Å². The quantitative estimate of drug-likeness (QED) is 0.566. The fourth-order valence-corrected chi connectivity index (χ4v) is 5.19. The molecule has 0 saturated carbocycles. The van der Waals surface area contributed by atoms with Crippen LogP contribution >= 0.6 is 11.6 Å². The summed E-state index contributed by atoms with van der Waals surface area (Å²) in [6, 6.07) is 6.15. The van der Waals surface area contributed by atoms with Gasteiger partial charge in [-0.25, -0.2) is 4.99 Å². The van der Waals surface area contributed by atoms with Crippen molar-refractivity contribution in [2.45, 2.75) is 46.1 Å². The number of amidine groups is 2. The molecule has 3 heterocycles. The Kier molecular flexibility index (Phi) is 6.19. The van der Waals surface area contributed by atoms with Crippen LogP contribution in [0.5, 0.6) is 0 Å². The number of likely N-dealkylation sites (N-methyl/N-ethyl adjacent to an activating group) is 1. The lowest BCUT2D eigenvalue weighted by Crippen LogP contribution is -2.54. The molecule has 33 heavy (non-hydrogen) atoms. The lowest BCUT2D eigenvalue weighted by molar-refractivity contribution is 0.217. The van der Waals surface area contributed by atoms with Gasteiger partial charge in [-0.05, 0) is 69.0 Å². The summed E-state index contributed by atoms with van der Waals surface area (Å²) in [6.45, 7) is 10.7. The maximum Gasteiger partial charge on any atom is 0.176 e. The van der Waals surface area contributed by atoms with Crippen LogP contribution in [0.1, 0.15) is 40.0 Å². The molecule has 174 valence electrons. The molecule has 4 aliphatic rings. The molecular formula is C27H34ClN5. The molecule has 0 spiro atoms. The molecule has 1 saturated heterocycles. The van der Waals surface area contributed by atoms with Crippen LogP contribution in [-0.4, -0.2) is 60.7 Å². The number of allylic oxidation sites excluding steroid dienone is 4. The molecule has 1 fully saturated rings. The minimum atomic E-state index is 0.126. The van der Waals surface area contributed by atoms with Crippen molar-refractivity contribution in [3.63, 3.8) is 0 Å². The van der Waals surface area contributed by atoms with E-state index in [0.717, 1.165) is 67.1 Å². The predicted octanol–water partition coefficient (Wildman–Crippen LogP) is 5.81. The minimum Gasteiger partial charge on any atom is -0.351 e. The number of fused-ring (bicyclic) bond motifs is 3. The van der Waals surface area contributed by atoms with E-state index in [4.69, 9.17) is 21.6 Å². The molecule has 3 aliphatic heterocycles. The molecule has 2 unspecified atom stereocenters. The van der Waals surface area contributed by atoms with Gasteiger partial charge in [0.05, 0.1) is 17.4 Å². The van der Waals surface area contributed by atoms with E-state index in [1.54, 1.807) is 0 Å². The summed E-state index contributed by atoms with van der Waals surface area (Å²) in [6.07, 6.45) is 10.3. The predicted molar refractivity (Wildman–Crippen MR) is 140 cm³/mol. The standard InChI is InChI=1S/C27H34ClN5/c1-5-20-6-8-21(9-7-20)16-24-18(2)19(3)29-27-26(32-14-12-31(4)13-15-32)30-23-11-10-22(28)17-25(23)33(24)27/h6,8-11,17,19-20H,5,7,12-16H2,1-4H3. The van der Waals surface area contributed by atoms with Crippen molar-refractivity contribution in [1.82, 2.24) is 9.80 Å². The van der Waals surface area contributed by atoms with Gasteiger partial charge in [-0.3, -0.25) is 9.89 Å². The molecule has 6 heteroatoms. The Morgan fingerprint density at radius 3 is 2.61 bits per heavy atom. The summed E-state index contributed by atoms with van der Waals surface area (Å²) in [5.74, 6) is 2.62. The van der Waals surface area contributed by atoms with Crippen LogP contribution in [0.4, 0.5) is 11.4 Å². The van der Waals surface area contributed by atoms with Gasteiger partial charge in [-0.1, -0.05) is 36.8 Å². The highest BCUT2D eigenvalue weighted by Gasteiger charge is 2.37. The third kappa shape index (κ3) is 4.29. The van der Waals surface area contributed by atoms with Crippen molar-refractivity contribution < 1.29 is 0 Å². The van der Waals surface area contributed by atoms with Gasteiger partial charge in [0.1, 0.15) is 0 Å². The molecule has 5 nitrogen and oxygen atoms in total. The molecule has 0 amide bonds. The number of hydrogen-bond acceptors (Lipinski definition) is 5. The second-order valence-corrected chi connectivity index (χ2v) is 10.1. The van der Waals surface area contributed by atoms with Gasteiger partial charge in [0, 0.05) is 43.3 Å². The number of benzene rings is 1. The van der Waals surface area contributed by atoms with Crippen LogP contribution in [0.15, 0.2) is 63.3 Å². The average molecular weight is 464 g/mol. The van der Waals surface area contributed by atoms with E-state index in [2.05, 4.69) is 60.7 Å². The monoisotopic (exact) mass is 463 g/mol. The van der Waals surface area contributed by atoms with E-state index in [0.29, 0.717) is 5.92 Å². The van der Waals surface area contributed by atoms with Gasteiger partial charge in [-0.15, -0.1) is 0 Å². The summed E-state index contributed by atoms with van der Waals surface area (Å²) in [5, 5.41) is 0.726. The molecule has 0 radical (unpaired) electrons. The van der Waals surface area contributed by atoms with E-state index in [-0.39, 0.29) is 6.04 Å². The lowest BCUT2D eigenvalue weighted by atomic mass is 9.90. The molecule has 0 N–H and O–H groups in total. The van der Waals surface area contributed by atoms with Crippen molar-refractivity contribution in [2.24, 2.45) is 15.9 Å². The summed E-state index contributed by atoms with van der Waals surface area (Å²) >= 11 is 6.48. The van der Waals surface area contributed by atoms with Gasteiger partial charge in [-0.2, -0.15) is 0 Å². The van der Waals surface area contributed by atoms with Crippen LogP contribution in [0.2, 0.25) is 5.02 Å². The van der Waals surface area contributed by atoms with Crippen LogP contribution in [0, 0.1) is 5.92 Å². The van der Waals surface area contributed by atoms with Gasteiger partial charge in [0.25, 0.3) is 0 Å². The van der Waals surface area contributed by atoms with Crippen LogP contribution in [0.25, 0.3) is 0 Å². The van der Waals surface area contributed by atoms with E-state index in [1.807, 2.05) is 18.2 Å². The molecule has 2 atom stereocenters. The molecule has 1 aromatic carbocycles. The first-order valence-corrected chi connectivity index (χ1v) is 12.6. The summed E-state index contributed by atoms with van der Waals surface area (Å²) < 4.78 is 0. The zero-order valence-corrected chi connectivity index (χ0v) is 20.9. The second kappa shape index (κ2) is 9.11. The highest BCUT2D eigenvalue weighted by atomic mass is 35.5. The molecule has 0 aromatic heterocycles. The second-order valence-electron chi connectivity index (χ2n) is 9.67. The SMILES string of the molecule is CCC1C=CC(CC2=C(C)C(C)N=C3C(N4CCN(C)CC4)=Nc4ccc(Cl)cc4N32)=CC1. The van der Waals surface area contributed by atoms with Gasteiger partial charge in [0.2, 0.25) is 0 Å². The summed E-state index contributed by atoms with van der Waals surface area (Å²) in [5.41, 5.74) is 6.01. The lowest BCUT2D eigenvalue weighted by Gasteiger charge is -2.43. The average Bonchev–Trinajstić information content (AvgIpc) is 2.82. The zero-order valence-electron chi connectivity index (χ0n) is 20.2. The van der Waals surface area contributed by atoms with Crippen LogP contribution in [0.3, 0.4) is 0 Å². The van der Waals surface area contributed by atoms with E-state index in [1.165, 1.54) is 23.3 Å². The molecule has 1 aromatic rings. The van der Waals surface area contributed by atoms with Crippen molar-refractivity contribution in [3.05, 3.63) is 58.3 Å². The van der Waals surface area contributed by atoms with Gasteiger partial charge >= 0.3 is 0 Å². The number of halogens is 1. The molecule has 1 aliphatic carbocycles. The van der Waals surface area contributed by atoms with Crippen molar-refractivity contribution >= 4 is 34.6 Å². The van der Waals surface area contributed by atoms with E-state index in [9.17, 15) is 0 Å². The summed E-state index contributed by atoms with van der Waals surface area (Å²) in [4.78, 5) is 17.4. The Morgan fingerprint density at radius 1 is 1.12 bits per heavy atom. The smallest absolute Gasteiger partial charge is 0.176 e. The minimum absolute atomic E-state index is 0.126. The third-order valence-electron chi connectivity index (χ3n) is 7.45. The maximum atomic E-state index is 6.48. The normalized spacial score (nSPS) is 25.4. The number of piperazine rings is 1. The Hall–Kier alpha value is -2.37. The molecule has 5 rings (SSSR count). The Morgan fingerprint density at radius 2 is 1.91 bits per heavy atom. The highest BCUT2D eigenvalue weighted by molar-refractivity contribution is 6.48.